The fourth-order valence-electron chi connectivity index (χ4n) is 1.19. The summed E-state index contributed by atoms with van der Waals surface area (Å²) in [6.07, 6.45) is 2.56. The number of aliphatic hydroxyl groups is 1. The van der Waals surface area contributed by atoms with Crippen LogP contribution in [0.25, 0.3) is 0 Å². The van der Waals surface area contributed by atoms with Crippen LogP contribution in [-0.4, -0.2) is 11.2 Å². The van der Waals surface area contributed by atoms with E-state index in [1.54, 1.807) is 18.6 Å². The van der Waals surface area contributed by atoms with Crippen molar-refractivity contribution in [3.63, 3.8) is 0 Å². The lowest BCUT2D eigenvalue weighted by molar-refractivity contribution is 0.0399. The first kappa shape index (κ1) is 10.3. The normalized spacial score (nSPS) is 17.0. The molecule has 0 unspecified atom stereocenters. The Labute approximate surface area is 78.5 Å². The number of aliphatic hydroxyl groups excluding tert-OH is 1. The maximum atomic E-state index is 9.86. The summed E-state index contributed by atoms with van der Waals surface area (Å²) >= 11 is 0. The fourth-order valence-corrected chi connectivity index (χ4v) is 1.19. The highest BCUT2D eigenvalue weighted by Gasteiger charge is 2.29. The van der Waals surface area contributed by atoms with Gasteiger partial charge >= 0.3 is 0 Å². The summed E-state index contributed by atoms with van der Waals surface area (Å²) in [5, 5.41) is 9.86. The summed E-state index contributed by atoms with van der Waals surface area (Å²) in [6, 6.07) is 1.40. The third-order valence-corrected chi connectivity index (χ3v) is 2.16. The Balaban J connectivity index is 2.74. The Hall–Kier alpha value is -0.800. The van der Waals surface area contributed by atoms with Crippen LogP contribution >= 0.6 is 0 Å². The first-order valence-electron chi connectivity index (χ1n) is 4.38. The highest BCUT2D eigenvalue weighted by molar-refractivity contribution is 5.13. The Morgan fingerprint density at radius 3 is 2.46 bits per heavy atom. The number of nitrogens with two attached hydrogens (primary N) is 1. The molecule has 0 fully saturated rings. The van der Waals surface area contributed by atoms with Gasteiger partial charge in [0, 0.05) is 5.56 Å². The number of hydrogen-bond acceptors (Lipinski definition) is 3. The molecule has 0 amide bonds. The topological polar surface area (TPSA) is 59.4 Å². The molecule has 1 rings (SSSR count). The standard InChI is InChI=1S/C10H17NO2/c1-10(2,3)9(12)8(11)7-4-5-13-6-7/h4-6,8-9,12H,11H2,1-3H3/t8-,9-/m0/s1. The van der Waals surface area contributed by atoms with E-state index in [2.05, 4.69) is 0 Å². The maximum absolute atomic E-state index is 9.86. The molecule has 0 radical (unpaired) electrons. The summed E-state index contributed by atoms with van der Waals surface area (Å²) < 4.78 is 4.91. The molecule has 74 valence electrons. The van der Waals surface area contributed by atoms with Gasteiger partial charge in [-0.15, -0.1) is 0 Å². The molecule has 3 heteroatoms. The average Bonchev–Trinajstić information content (AvgIpc) is 2.51. The van der Waals surface area contributed by atoms with Crippen LogP contribution in [0, 0.1) is 5.41 Å². The van der Waals surface area contributed by atoms with Crippen LogP contribution in [0.15, 0.2) is 23.0 Å². The van der Waals surface area contributed by atoms with E-state index in [4.69, 9.17) is 10.2 Å². The SMILES string of the molecule is CC(C)(C)[C@@H](O)[C@@H](N)c1ccoc1. The molecule has 13 heavy (non-hydrogen) atoms. The quantitative estimate of drug-likeness (QED) is 0.733. The molecule has 0 saturated heterocycles. The van der Waals surface area contributed by atoms with E-state index in [1.807, 2.05) is 20.8 Å². The molecule has 2 atom stereocenters. The van der Waals surface area contributed by atoms with Crippen LogP contribution in [0.5, 0.6) is 0 Å². The Morgan fingerprint density at radius 2 is 2.08 bits per heavy atom. The van der Waals surface area contributed by atoms with Gasteiger partial charge in [-0.05, 0) is 11.5 Å². The minimum Gasteiger partial charge on any atom is -0.472 e. The molecule has 3 N–H and O–H groups in total. The van der Waals surface area contributed by atoms with E-state index in [0.717, 1.165) is 5.56 Å². The van der Waals surface area contributed by atoms with Crippen molar-refractivity contribution in [2.24, 2.45) is 11.1 Å². The summed E-state index contributed by atoms with van der Waals surface area (Å²) in [7, 11) is 0. The van der Waals surface area contributed by atoms with Gasteiger partial charge in [-0.3, -0.25) is 0 Å². The second-order valence-electron chi connectivity index (χ2n) is 4.39. The number of rotatable bonds is 2. The Morgan fingerprint density at radius 1 is 1.46 bits per heavy atom. The second-order valence-corrected chi connectivity index (χ2v) is 4.39. The van der Waals surface area contributed by atoms with Crippen molar-refractivity contribution in [3.8, 4) is 0 Å². The monoisotopic (exact) mass is 183 g/mol. The molecule has 0 aliphatic heterocycles. The van der Waals surface area contributed by atoms with Gasteiger partial charge in [-0.2, -0.15) is 0 Å². The van der Waals surface area contributed by atoms with Gasteiger partial charge in [0.1, 0.15) is 0 Å². The summed E-state index contributed by atoms with van der Waals surface area (Å²) in [5.41, 5.74) is 6.48. The van der Waals surface area contributed by atoms with Crippen molar-refractivity contribution >= 4 is 0 Å². The largest absolute Gasteiger partial charge is 0.472 e. The van der Waals surface area contributed by atoms with Crippen molar-refractivity contribution in [2.75, 3.05) is 0 Å². The van der Waals surface area contributed by atoms with Crippen molar-refractivity contribution < 1.29 is 9.52 Å². The fraction of sp³-hybridized carbons (Fsp3) is 0.600. The van der Waals surface area contributed by atoms with E-state index >= 15 is 0 Å². The maximum Gasteiger partial charge on any atom is 0.0951 e. The predicted octanol–water partition coefficient (Wildman–Crippen LogP) is 1.69. The van der Waals surface area contributed by atoms with Gasteiger partial charge in [0.2, 0.25) is 0 Å². The summed E-state index contributed by atoms with van der Waals surface area (Å²) in [4.78, 5) is 0. The molecule has 3 nitrogen and oxygen atoms in total. The van der Waals surface area contributed by atoms with Crippen LogP contribution in [0.1, 0.15) is 32.4 Å². The smallest absolute Gasteiger partial charge is 0.0951 e. The van der Waals surface area contributed by atoms with E-state index in [9.17, 15) is 5.11 Å². The Kier molecular flexibility index (Phi) is 2.78. The molecule has 0 saturated carbocycles. The molecule has 0 aliphatic carbocycles. The second kappa shape index (κ2) is 3.52. The van der Waals surface area contributed by atoms with E-state index in [-0.39, 0.29) is 11.5 Å². The van der Waals surface area contributed by atoms with E-state index in [0.29, 0.717) is 0 Å². The van der Waals surface area contributed by atoms with Gasteiger partial charge < -0.3 is 15.3 Å². The minimum absolute atomic E-state index is 0.212. The van der Waals surface area contributed by atoms with Gasteiger partial charge in [-0.1, -0.05) is 20.8 Å². The highest BCUT2D eigenvalue weighted by atomic mass is 16.3. The lowest BCUT2D eigenvalue weighted by atomic mass is 9.83. The molecule has 1 aromatic heterocycles. The average molecular weight is 183 g/mol. The number of hydrogen-bond donors (Lipinski definition) is 2. The van der Waals surface area contributed by atoms with Crippen LogP contribution in [-0.2, 0) is 0 Å². The summed E-state index contributed by atoms with van der Waals surface area (Å²) in [6.45, 7) is 5.87. The van der Waals surface area contributed by atoms with Crippen molar-refractivity contribution in [1.82, 2.24) is 0 Å². The van der Waals surface area contributed by atoms with Gasteiger partial charge in [0.05, 0.1) is 24.7 Å². The van der Waals surface area contributed by atoms with Crippen LogP contribution in [0.4, 0.5) is 0 Å². The molecular formula is C10H17NO2. The van der Waals surface area contributed by atoms with Gasteiger partial charge in [0.25, 0.3) is 0 Å². The molecular weight excluding hydrogens is 166 g/mol. The third-order valence-electron chi connectivity index (χ3n) is 2.16. The zero-order valence-corrected chi connectivity index (χ0v) is 8.32. The molecule has 0 spiro atoms. The van der Waals surface area contributed by atoms with Gasteiger partial charge in [-0.25, -0.2) is 0 Å². The molecule has 0 bridgehead atoms. The third kappa shape index (κ3) is 2.32. The lowest BCUT2D eigenvalue weighted by Crippen LogP contribution is -2.36. The molecule has 1 heterocycles. The first-order chi connectivity index (χ1) is 5.93. The molecule has 1 aromatic rings. The first-order valence-corrected chi connectivity index (χ1v) is 4.38. The van der Waals surface area contributed by atoms with Crippen LogP contribution in [0.2, 0.25) is 0 Å². The van der Waals surface area contributed by atoms with Crippen LogP contribution in [0.3, 0.4) is 0 Å². The van der Waals surface area contributed by atoms with E-state index in [1.165, 1.54) is 0 Å². The zero-order chi connectivity index (χ0) is 10.1. The molecule has 0 aliphatic rings. The summed E-state index contributed by atoms with van der Waals surface area (Å²) in [5.74, 6) is 0. The Bertz CT molecular complexity index is 248. The zero-order valence-electron chi connectivity index (χ0n) is 8.32. The van der Waals surface area contributed by atoms with Gasteiger partial charge in [0.15, 0.2) is 0 Å². The van der Waals surface area contributed by atoms with Crippen molar-refractivity contribution in [1.29, 1.82) is 0 Å². The van der Waals surface area contributed by atoms with Crippen molar-refractivity contribution in [2.45, 2.75) is 32.9 Å². The van der Waals surface area contributed by atoms with Crippen LogP contribution < -0.4 is 5.73 Å². The van der Waals surface area contributed by atoms with Crippen molar-refractivity contribution in [3.05, 3.63) is 24.2 Å². The number of furan rings is 1. The minimum atomic E-state index is -0.565. The van der Waals surface area contributed by atoms with E-state index < -0.39 is 6.10 Å². The lowest BCUT2D eigenvalue weighted by Gasteiger charge is -2.30. The predicted molar refractivity (Wildman–Crippen MR) is 51.1 cm³/mol. The molecule has 0 aromatic carbocycles. The highest BCUT2D eigenvalue weighted by Crippen LogP contribution is 2.28.